The molecule has 1 aliphatic heterocycles. The van der Waals surface area contributed by atoms with Crippen LogP contribution in [-0.4, -0.2) is 22.6 Å². The Balaban J connectivity index is 1.88. The molecular weight excluding hydrogens is 193 g/mol. The molecule has 2 unspecified atom stereocenters. The smallest absolute Gasteiger partial charge is 0.218 e. The highest BCUT2D eigenvalue weighted by atomic mass is 19.1. The van der Waals surface area contributed by atoms with Crippen molar-refractivity contribution in [1.29, 1.82) is 0 Å². The van der Waals surface area contributed by atoms with E-state index in [1.54, 1.807) is 0 Å². The van der Waals surface area contributed by atoms with Crippen LogP contribution in [0, 0.1) is 11.9 Å². The largest absolute Gasteiger partial charge is 0.353 e. The number of aromatic nitrogens is 2. The topological polar surface area (TPSA) is 29.0 Å². The Bertz CT molecular complexity index is 369. The van der Waals surface area contributed by atoms with Crippen molar-refractivity contribution in [3.63, 3.8) is 0 Å². The fourth-order valence-electron chi connectivity index (χ4n) is 3.00. The van der Waals surface area contributed by atoms with Gasteiger partial charge in [-0.25, -0.2) is 9.97 Å². The maximum absolute atomic E-state index is 13.0. The minimum absolute atomic E-state index is 0.429. The Morgan fingerprint density at radius 3 is 3.07 bits per heavy atom. The first-order valence-corrected chi connectivity index (χ1v) is 5.59. The van der Waals surface area contributed by atoms with Crippen LogP contribution in [0.4, 0.5) is 10.2 Å². The van der Waals surface area contributed by atoms with Crippen molar-refractivity contribution in [3.8, 4) is 0 Å². The number of fused-ring (bicyclic) bond motifs is 1. The Morgan fingerprint density at radius 2 is 2.20 bits per heavy atom. The van der Waals surface area contributed by atoms with Crippen molar-refractivity contribution >= 4 is 5.82 Å². The highest BCUT2D eigenvalue weighted by Gasteiger charge is 2.38. The molecule has 0 radical (unpaired) electrons. The minimum Gasteiger partial charge on any atom is -0.353 e. The van der Waals surface area contributed by atoms with E-state index in [2.05, 4.69) is 14.9 Å². The van der Waals surface area contributed by atoms with Crippen molar-refractivity contribution < 1.29 is 4.39 Å². The predicted octanol–water partition coefficient (Wildman–Crippen LogP) is 1.99. The van der Waals surface area contributed by atoms with E-state index in [0.717, 1.165) is 18.3 Å². The van der Waals surface area contributed by atoms with Gasteiger partial charge >= 0.3 is 0 Å². The van der Waals surface area contributed by atoms with Gasteiger partial charge in [0.1, 0.15) is 12.1 Å². The summed E-state index contributed by atoms with van der Waals surface area (Å²) >= 11 is 0. The molecule has 1 aliphatic carbocycles. The Kier molecular flexibility index (Phi) is 2.08. The van der Waals surface area contributed by atoms with Gasteiger partial charge < -0.3 is 4.90 Å². The van der Waals surface area contributed by atoms with Crippen LogP contribution in [0.15, 0.2) is 12.4 Å². The highest BCUT2D eigenvalue weighted by Crippen LogP contribution is 2.39. The van der Waals surface area contributed by atoms with Gasteiger partial charge in [0.15, 0.2) is 0 Å². The van der Waals surface area contributed by atoms with Gasteiger partial charge in [0.25, 0.3) is 0 Å². The molecule has 0 aromatic carbocycles. The monoisotopic (exact) mass is 207 g/mol. The third-order valence-corrected chi connectivity index (χ3v) is 3.67. The zero-order valence-electron chi connectivity index (χ0n) is 8.56. The predicted molar refractivity (Wildman–Crippen MR) is 55.1 cm³/mol. The van der Waals surface area contributed by atoms with Crippen molar-refractivity contribution in [2.45, 2.75) is 31.7 Å². The highest BCUT2D eigenvalue weighted by molar-refractivity contribution is 5.40. The molecule has 1 saturated carbocycles. The lowest BCUT2D eigenvalue weighted by atomic mass is 10.1. The van der Waals surface area contributed by atoms with Crippen LogP contribution in [0.5, 0.6) is 0 Å². The molecule has 2 atom stereocenters. The fourth-order valence-corrected chi connectivity index (χ4v) is 3.00. The summed E-state index contributed by atoms with van der Waals surface area (Å²) < 4.78 is 13.0. The second-order valence-corrected chi connectivity index (χ2v) is 4.44. The maximum Gasteiger partial charge on any atom is 0.218 e. The van der Waals surface area contributed by atoms with E-state index < -0.39 is 5.95 Å². The van der Waals surface area contributed by atoms with Crippen LogP contribution in [0.3, 0.4) is 0 Å². The summed E-state index contributed by atoms with van der Waals surface area (Å²) in [4.78, 5) is 9.90. The van der Waals surface area contributed by atoms with Gasteiger partial charge in [-0.3, -0.25) is 0 Å². The number of halogens is 1. The first-order valence-electron chi connectivity index (χ1n) is 5.59. The summed E-state index contributed by atoms with van der Waals surface area (Å²) in [6.45, 7) is 1.02. The molecule has 2 aliphatic rings. The van der Waals surface area contributed by atoms with Gasteiger partial charge in [-0.2, -0.15) is 4.39 Å². The average Bonchev–Trinajstić information content (AvgIpc) is 2.77. The standard InChI is InChI=1S/C11H14FN3/c12-10-6-11(14-7-13-10)15-5-4-8-2-1-3-9(8)15/h6-9H,1-5H2. The number of nitrogens with zero attached hydrogens (tertiary/aromatic N) is 3. The molecule has 2 heterocycles. The second-order valence-electron chi connectivity index (χ2n) is 4.44. The van der Waals surface area contributed by atoms with Crippen molar-refractivity contribution in [2.75, 3.05) is 11.4 Å². The van der Waals surface area contributed by atoms with Gasteiger partial charge in [-0.1, -0.05) is 6.42 Å². The van der Waals surface area contributed by atoms with E-state index in [0.29, 0.717) is 6.04 Å². The molecule has 3 nitrogen and oxygen atoms in total. The van der Waals surface area contributed by atoms with E-state index in [4.69, 9.17) is 0 Å². The summed E-state index contributed by atoms with van der Waals surface area (Å²) in [6.07, 6.45) is 6.41. The Hall–Kier alpha value is -1.19. The summed E-state index contributed by atoms with van der Waals surface area (Å²) in [5.41, 5.74) is 0. The fraction of sp³-hybridized carbons (Fsp3) is 0.636. The summed E-state index contributed by atoms with van der Waals surface area (Å²) in [5.74, 6) is 1.14. The molecule has 1 aromatic heterocycles. The van der Waals surface area contributed by atoms with Crippen LogP contribution in [0.2, 0.25) is 0 Å². The van der Waals surface area contributed by atoms with Crippen LogP contribution in [-0.2, 0) is 0 Å². The Labute approximate surface area is 88.3 Å². The minimum atomic E-state index is -0.429. The van der Waals surface area contributed by atoms with E-state index in [9.17, 15) is 4.39 Å². The molecule has 3 rings (SSSR count). The molecule has 2 fully saturated rings. The molecule has 0 bridgehead atoms. The molecule has 0 N–H and O–H groups in total. The lowest BCUT2D eigenvalue weighted by Gasteiger charge is -2.24. The van der Waals surface area contributed by atoms with Crippen molar-refractivity contribution in [2.24, 2.45) is 5.92 Å². The lowest BCUT2D eigenvalue weighted by molar-refractivity contribution is 0.537. The van der Waals surface area contributed by atoms with Gasteiger partial charge in [-0.05, 0) is 25.2 Å². The first kappa shape index (κ1) is 9.07. The molecule has 4 heteroatoms. The second kappa shape index (κ2) is 3.43. The van der Waals surface area contributed by atoms with Crippen LogP contribution < -0.4 is 4.90 Å². The summed E-state index contributed by atoms with van der Waals surface area (Å²) in [6, 6.07) is 2.04. The summed E-state index contributed by atoms with van der Waals surface area (Å²) in [5, 5.41) is 0. The van der Waals surface area contributed by atoms with Gasteiger partial charge in [0.05, 0.1) is 0 Å². The van der Waals surface area contributed by atoms with Crippen LogP contribution >= 0.6 is 0 Å². The summed E-state index contributed by atoms with van der Waals surface area (Å²) in [7, 11) is 0. The third-order valence-electron chi connectivity index (χ3n) is 3.67. The number of hydrogen-bond donors (Lipinski definition) is 0. The van der Waals surface area contributed by atoms with E-state index in [-0.39, 0.29) is 0 Å². The molecule has 15 heavy (non-hydrogen) atoms. The van der Waals surface area contributed by atoms with Crippen LogP contribution in [0.1, 0.15) is 25.7 Å². The number of hydrogen-bond acceptors (Lipinski definition) is 3. The van der Waals surface area contributed by atoms with Gasteiger partial charge in [0, 0.05) is 18.7 Å². The van der Waals surface area contributed by atoms with E-state index in [1.165, 1.54) is 38.1 Å². The molecule has 0 spiro atoms. The van der Waals surface area contributed by atoms with E-state index in [1.807, 2.05) is 0 Å². The molecule has 1 aromatic rings. The SMILES string of the molecule is Fc1cc(N2CCC3CCCC32)ncn1. The van der Waals surface area contributed by atoms with Gasteiger partial charge in [0.2, 0.25) is 5.95 Å². The van der Waals surface area contributed by atoms with E-state index >= 15 is 0 Å². The molecule has 80 valence electrons. The van der Waals surface area contributed by atoms with Crippen LogP contribution in [0.25, 0.3) is 0 Å². The third kappa shape index (κ3) is 1.48. The maximum atomic E-state index is 13.0. The average molecular weight is 207 g/mol. The number of anilines is 1. The van der Waals surface area contributed by atoms with Crippen molar-refractivity contribution in [3.05, 3.63) is 18.3 Å². The molecular formula is C11H14FN3. The molecule has 1 saturated heterocycles. The van der Waals surface area contributed by atoms with Crippen molar-refractivity contribution in [1.82, 2.24) is 9.97 Å². The van der Waals surface area contributed by atoms with Gasteiger partial charge in [-0.15, -0.1) is 0 Å². The normalized spacial score (nSPS) is 29.5. The number of rotatable bonds is 1. The quantitative estimate of drug-likeness (QED) is 0.659. The zero-order valence-corrected chi connectivity index (χ0v) is 8.56. The Morgan fingerprint density at radius 1 is 1.27 bits per heavy atom. The lowest BCUT2D eigenvalue weighted by Crippen LogP contribution is -2.30. The molecule has 0 amide bonds. The first-order chi connectivity index (χ1) is 7.34. The zero-order chi connectivity index (χ0) is 10.3.